The van der Waals surface area contributed by atoms with Gasteiger partial charge in [0.05, 0.1) is 0 Å². The Bertz CT molecular complexity index is 1430. The van der Waals surface area contributed by atoms with Crippen LogP contribution in [0.5, 0.6) is 0 Å². The van der Waals surface area contributed by atoms with Crippen LogP contribution in [0.2, 0.25) is 0 Å². The van der Waals surface area contributed by atoms with Crippen molar-refractivity contribution in [1.29, 1.82) is 0 Å². The van der Waals surface area contributed by atoms with Gasteiger partial charge in [-0.15, -0.1) is 0 Å². The van der Waals surface area contributed by atoms with Crippen LogP contribution in [0.1, 0.15) is 374 Å². The van der Waals surface area contributed by atoms with E-state index in [0.29, 0.717) is 19.3 Å². The topological polar surface area (TPSA) is 78.9 Å². The molecule has 0 aromatic carbocycles. The first-order valence-electron chi connectivity index (χ1n) is 35.3. The summed E-state index contributed by atoms with van der Waals surface area (Å²) in [6.07, 6.45) is 88.9. The first kappa shape index (κ1) is 77.1. The van der Waals surface area contributed by atoms with Crippen molar-refractivity contribution in [3.05, 3.63) is 60.8 Å². The molecule has 466 valence electrons. The van der Waals surface area contributed by atoms with Gasteiger partial charge in [0.25, 0.3) is 0 Å². The van der Waals surface area contributed by atoms with Crippen molar-refractivity contribution < 1.29 is 28.6 Å². The monoisotopic (exact) mass is 1120 g/mol. The van der Waals surface area contributed by atoms with E-state index in [2.05, 4.69) is 81.5 Å². The number of unbranched alkanes of at least 4 members (excludes halogenated alkanes) is 44. The summed E-state index contributed by atoms with van der Waals surface area (Å²) in [5.41, 5.74) is 0. The average molecular weight is 1120 g/mol. The fraction of sp³-hybridized carbons (Fsp3) is 0.824. The van der Waals surface area contributed by atoms with Gasteiger partial charge < -0.3 is 14.2 Å². The Morgan fingerprint density at radius 2 is 0.487 bits per heavy atom. The van der Waals surface area contributed by atoms with Crippen LogP contribution in [0.4, 0.5) is 0 Å². The zero-order valence-corrected chi connectivity index (χ0v) is 53.6. The number of allylic oxidation sites excluding steroid dienone is 10. The minimum absolute atomic E-state index is 0.0674. The van der Waals surface area contributed by atoms with Gasteiger partial charge in [0.15, 0.2) is 6.10 Å². The Morgan fingerprint density at radius 1 is 0.263 bits per heavy atom. The molecule has 0 amide bonds. The molecule has 80 heavy (non-hydrogen) atoms. The van der Waals surface area contributed by atoms with Crippen LogP contribution >= 0.6 is 0 Å². The summed E-state index contributed by atoms with van der Waals surface area (Å²) < 4.78 is 16.8. The number of hydrogen-bond acceptors (Lipinski definition) is 6. The second-order valence-electron chi connectivity index (χ2n) is 23.8. The Kier molecular flexibility index (Phi) is 66.1. The zero-order chi connectivity index (χ0) is 57.8. The van der Waals surface area contributed by atoms with Crippen LogP contribution in [0.3, 0.4) is 0 Å². The Labute approximate surface area is 498 Å². The highest BCUT2D eigenvalue weighted by Crippen LogP contribution is 2.19. The van der Waals surface area contributed by atoms with Gasteiger partial charge in [-0.2, -0.15) is 0 Å². The average Bonchev–Trinajstić information content (AvgIpc) is 3.46. The predicted molar refractivity (Wildman–Crippen MR) is 348 cm³/mol. The third-order valence-electron chi connectivity index (χ3n) is 15.8. The lowest BCUT2D eigenvalue weighted by molar-refractivity contribution is -0.167. The SMILES string of the molecule is CC/C=C\C/C=C\C/C=C\C/C=C\C/C=C\CCCCCCCCCCCCCCCCCCCCCC(=O)OCC(COC(=O)CCCCCCC)OC(=O)CCCCCCCCCCCCCCCCCCCCCCCC. The third kappa shape index (κ3) is 65.9. The second-order valence-corrected chi connectivity index (χ2v) is 23.8. The molecular weight excluding hydrogens is 985 g/mol. The summed E-state index contributed by atoms with van der Waals surface area (Å²) in [7, 11) is 0. The fourth-order valence-electron chi connectivity index (χ4n) is 10.5. The summed E-state index contributed by atoms with van der Waals surface area (Å²) in [5, 5.41) is 0. The third-order valence-corrected chi connectivity index (χ3v) is 15.8. The summed E-state index contributed by atoms with van der Waals surface area (Å²) in [6, 6.07) is 0. The number of ether oxygens (including phenoxy) is 3. The lowest BCUT2D eigenvalue weighted by Crippen LogP contribution is -2.30. The van der Waals surface area contributed by atoms with E-state index < -0.39 is 6.10 Å². The smallest absolute Gasteiger partial charge is 0.306 e. The quantitative estimate of drug-likeness (QED) is 0.0261. The molecule has 0 heterocycles. The first-order chi connectivity index (χ1) is 39.5. The van der Waals surface area contributed by atoms with Crippen molar-refractivity contribution >= 4 is 17.9 Å². The molecule has 6 nitrogen and oxygen atoms in total. The molecule has 1 atom stereocenters. The standard InChI is InChI=1S/C74H134O6/c1-4-7-10-13-15-17-19-21-23-25-27-29-31-32-33-34-35-36-37-38-39-40-41-42-43-45-46-48-50-52-54-56-58-61-64-67-73(76)79-70-71(69-78-72(75)66-63-60-12-9-6-3)80-74(77)68-65-62-59-57-55-53-51-49-47-44-30-28-26-24-22-20-18-16-14-11-8-5-2/h7,10,15,17,21,23,27,29,32-33,71H,4-6,8-9,11-14,16,18-20,22,24-26,28,30-31,34-70H2,1-3H3/b10-7-,17-15-,23-21-,29-27-,33-32-. The van der Waals surface area contributed by atoms with Crippen LogP contribution in [0.25, 0.3) is 0 Å². The summed E-state index contributed by atoms with van der Waals surface area (Å²) >= 11 is 0. The van der Waals surface area contributed by atoms with Crippen molar-refractivity contribution in [2.75, 3.05) is 13.2 Å². The van der Waals surface area contributed by atoms with E-state index in [0.717, 1.165) is 96.3 Å². The van der Waals surface area contributed by atoms with E-state index in [1.165, 1.54) is 238 Å². The van der Waals surface area contributed by atoms with Crippen molar-refractivity contribution in [2.45, 2.75) is 380 Å². The molecule has 0 aromatic heterocycles. The predicted octanol–water partition coefficient (Wildman–Crippen LogP) is 24.3. The molecular formula is C74H134O6. The van der Waals surface area contributed by atoms with Gasteiger partial charge in [-0.05, 0) is 64.2 Å². The molecule has 0 radical (unpaired) electrons. The molecule has 0 aliphatic carbocycles. The van der Waals surface area contributed by atoms with Gasteiger partial charge in [-0.1, -0.05) is 351 Å². The summed E-state index contributed by atoms with van der Waals surface area (Å²) in [4.78, 5) is 38.0. The van der Waals surface area contributed by atoms with Crippen molar-refractivity contribution in [3.8, 4) is 0 Å². The van der Waals surface area contributed by atoms with E-state index in [9.17, 15) is 14.4 Å². The van der Waals surface area contributed by atoms with Crippen molar-refractivity contribution in [1.82, 2.24) is 0 Å². The summed E-state index contributed by atoms with van der Waals surface area (Å²) in [5.74, 6) is -0.857. The van der Waals surface area contributed by atoms with Gasteiger partial charge in [-0.25, -0.2) is 0 Å². The van der Waals surface area contributed by atoms with E-state index >= 15 is 0 Å². The van der Waals surface area contributed by atoms with Gasteiger partial charge in [-0.3, -0.25) is 14.4 Å². The lowest BCUT2D eigenvalue weighted by Gasteiger charge is -2.18. The molecule has 0 aliphatic rings. The van der Waals surface area contributed by atoms with Gasteiger partial charge in [0.1, 0.15) is 13.2 Å². The molecule has 0 spiro atoms. The first-order valence-corrected chi connectivity index (χ1v) is 35.3. The van der Waals surface area contributed by atoms with E-state index in [4.69, 9.17) is 14.2 Å². The fourth-order valence-corrected chi connectivity index (χ4v) is 10.5. The van der Waals surface area contributed by atoms with Crippen LogP contribution in [-0.2, 0) is 28.6 Å². The van der Waals surface area contributed by atoms with Gasteiger partial charge in [0.2, 0.25) is 0 Å². The molecule has 0 aromatic rings. The highest BCUT2D eigenvalue weighted by Gasteiger charge is 2.19. The van der Waals surface area contributed by atoms with Crippen molar-refractivity contribution in [3.63, 3.8) is 0 Å². The van der Waals surface area contributed by atoms with Gasteiger partial charge in [0, 0.05) is 19.3 Å². The molecule has 1 unspecified atom stereocenters. The molecule has 6 heteroatoms. The minimum Gasteiger partial charge on any atom is -0.462 e. The number of carbonyl (C=O) groups excluding carboxylic acids is 3. The van der Waals surface area contributed by atoms with Crippen LogP contribution in [0.15, 0.2) is 60.8 Å². The highest BCUT2D eigenvalue weighted by molar-refractivity contribution is 5.71. The number of carbonyl (C=O) groups is 3. The molecule has 0 N–H and O–H groups in total. The Hall–Kier alpha value is -2.89. The highest BCUT2D eigenvalue weighted by atomic mass is 16.6. The van der Waals surface area contributed by atoms with Crippen LogP contribution in [-0.4, -0.2) is 37.2 Å². The molecule has 0 fully saturated rings. The molecule has 0 saturated heterocycles. The Balaban J connectivity index is 3.90. The second kappa shape index (κ2) is 68.6. The number of esters is 3. The number of rotatable bonds is 65. The maximum absolute atomic E-state index is 12.8. The van der Waals surface area contributed by atoms with Gasteiger partial charge >= 0.3 is 17.9 Å². The van der Waals surface area contributed by atoms with Crippen LogP contribution in [0, 0.1) is 0 Å². The van der Waals surface area contributed by atoms with Crippen molar-refractivity contribution in [2.24, 2.45) is 0 Å². The van der Waals surface area contributed by atoms with Crippen LogP contribution < -0.4 is 0 Å². The maximum Gasteiger partial charge on any atom is 0.306 e. The van der Waals surface area contributed by atoms with E-state index in [1.54, 1.807) is 0 Å². The molecule has 0 saturated carbocycles. The summed E-state index contributed by atoms with van der Waals surface area (Å²) in [6.45, 7) is 6.51. The molecule has 0 rings (SSSR count). The molecule has 0 aliphatic heterocycles. The largest absolute Gasteiger partial charge is 0.462 e. The lowest BCUT2D eigenvalue weighted by atomic mass is 10.0. The molecule has 0 bridgehead atoms. The Morgan fingerprint density at radius 3 is 0.762 bits per heavy atom. The number of hydrogen-bond donors (Lipinski definition) is 0. The maximum atomic E-state index is 12.8. The normalized spacial score (nSPS) is 12.4. The minimum atomic E-state index is -0.766. The zero-order valence-electron chi connectivity index (χ0n) is 53.6. The van der Waals surface area contributed by atoms with E-state index in [1.807, 2.05) is 0 Å². The van der Waals surface area contributed by atoms with E-state index in [-0.39, 0.29) is 31.1 Å².